The molecule has 2 aromatic rings. The number of halogens is 1. The van der Waals surface area contributed by atoms with Crippen molar-refractivity contribution >= 4 is 23.0 Å². The van der Waals surface area contributed by atoms with E-state index < -0.39 is 11.6 Å². The average Bonchev–Trinajstić information content (AvgIpc) is 2.62. The highest BCUT2D eigenvalue weighted by Crippen LogP contribution is 2.28. The van der Waals surface area contributed by atoms with Crippen LogP contribution in [0.4, 0.5) is 0 Å². The molecule has 27 heavy (non-hydrogen) atoms. The van der Waals surface area contributed by atoms with Gasteiger partial charge in [-0.25, -0.2) is 0 Å². The van der Waals surface area contributed by atoms with Crippen molar-refractivity contribution in [3.63, 3.8) is 0 Å². The topological polar surface area (TPSA) is 80.6 Å². The van der Waals surface area contributed by atoms with Crippen LogP contribution in [0, 0.1) is 0 Å². The SMILES string of the molecule is Br.C[N+]1(C)CCCC(O)C1.O=C([O-])C(O)(c1ccccc1)c1ccccc1. The average molecular weight is 438 g/mol. The van der Waals surface area contributed by atoms with Gasteiger partial charge in [-0.1, -0.05) is 60.7 Å². The summed E-state index contributed by atoms with van der Waals surface area (Å²) in [6.45, 7) is 2.15. The summed E-state index contributed by atoms with van der Waals surface area (Å²) in [5.41, 5.74) is -1.54. The van der Waals surface area contributed by atoms with E-state index in [9.17, 15) is 20.1 Å². The minimum absolute atomic E-state index is 0. The third-order valence-electron chi connectivity index (χ3n) is 4.68. The maximum Gasteiger partial charge on any atom is 0.154 e. The van der Waals surface area contributed by atoms with Crippen LogP contribution in [-0.4, -0.2) is 54.0 Å². The summed E-state index contributed by atoms with van der Waals surface area (Å²) < 4.78 is 0.987. The number of likely N-dealkylation sites (tertiary alicyclic amines) is 1. The third kappa shape index (κ3) is 6.14. The van der Waals surface area contributed by atoms with Crippen molar-refractivity contribution in [1.29, 1.82) is 0 Å². The molecule has 1 aliphatic heterocycles. The Morgan fingerprint density at radius 1 is 1.04 bits per heavy atom. The number of aliphatic carboxylic acids is 1. The number of piperidine rings is 1. The van der Waals surface area contributed by atoms with Crippen molar-refractivity contribution in [2.24, 2.45) is 0 Å². The first-order valence-electron chi connectivity index (χ1n) is 8.80. The van der Waals surface area contributed by atoms with Crippen LogP contribution in [0.5, 0.6) is 0 Å². The Kier molecular flexibility index (Phi) is 8.62. The normalized spacial score (nSPS) is 18.4. The number of carboxylic acids is 1. The van der Waals surface area contributed by atoms with Gasteiger partial charge in [0.25, 0.3) is 0 Å². The van der Waals surface area contributed by atoms with Crippen molar-refractivity contribution in [2.75, 3.05) is 27.2 Å². The lowest BCUT2D eigenvalue weighted by Crippen LogP contribution is -2.49. The van der Waals surface area contributed by atoms with E-state index in [-0.39, 0.29) is 34.2 Å². The zero-order valence-electron chi connectivity index (χ0n) is 15.7. The van der Waals surface area contributed by atoms with Crippen LogP contribution < -0.4 is 5.11 Å². The molecule has 3 rings (SSSR count). The van der Waals surface area contributed by atoms with Gasteiger partial charge in [-0.3, -0.25) is 0 Å². The molecule has 1 heterocycles. The standard InChI is InChI=1S/C14H12O3.C7H16NO.BrH/c15-13(16)14(17,11-7-3-1-4-8-11)12-9-5-2-6-10-12;1-8(2)5-3-4-7(9)6-8;/h1-10,17H,(H,15,16);7,9H,3-6H2,1-2H3;1H/q;+1;/p-1. The Morgan fingerprint density at radius 3 is 1.78 bits per heavy atom. The van der Waals surface area contributed by atoms with Crippen LogP contribution in [-0.2, 0) is 10.4 Å². The van der Waals surface area contributed by atoms with Gasteiger partial charge in [0.15, 0.2) is 5.60 Å². The van der Waals surface area contributed by atoms with E-state index in [1.807, 2.05) is 0 Å². The molecule has 148 valence electrons. The zero-order chi connectivity index (χ0) is 19.2. The van der Waals surface area contributed by atoms with Gasteiger partial charge < -0.3 is 24.6 Å². The zero-order valence-corrected chi connectivity index (χ0v) is 17.5. The van der Waals surface area contributed by atoms with Crippen LogP contribution in [0.25, 0.3) is 0 Å². The van der Waals surface area contributed by atoms with Crippen LogP contribution in [0.3, 0.4) is 0 Å². The maximum atomic E-state index is 11.3. The van der Waals surface area contributed by atoms with Crippen molar-refractivity contribution < 1.29 is 24.6 Å². The molecule has 0 aromatic heterocycles. The number of carbonyl (C=O) groups is 1. The molecule has 1 atom stereocenters. The molecule has 2 N–H and O–H groups in total. The summed E-state index contributed by atoms with van der Waals surface area (Å²) in [6.07, 6.45) is 2.13. The second-order valence-electron chi connectivity index (χ2n) is 7.37. The maximum absolute atomic E-state index is 11.3. The summed E-state index contributed by atoms with van der Waals surface area (Å²) in [4.78, 5) is 11.3. The molecule has 1 unspecified atom stereocenters. The molecule has 0 spiro atoms. The van der Waals surface area contributed by atoms with Crippen LogP contribution in [0.15, 0.2) is 60.7 Å². The lowest BCUT2D eigenvalue weighted by atomic mass is 9.86. The Hall–Kier alpha value is -1.73. The van der Waals surface area contributed by atoms with E-state index in [4.69, 9.17) is 0 Å². The summed E-state index contributed by atoms with van der Waals surface area (Å²) in [5, 5.41) is 30.9. The van der Waals surface area contributed by atoms with Crippen molar-refractivity contribution in [3.8, 4) is 0 Å². The lowest BCUT2D eigenvalue weighted by Gasteiger charge is -2.35. The van der Waals surface area contributed by atoms with Crippen molar-refractivity contribution in [1.82, 2.24) is 0 Å². The van der Waals surface area contributed by atoms with Gasteiger partial charge in [0.1, 0.15) is 12.6 Å². The van der Waals surface area contributed by atoms with Gasteiger partial charge in [-0.15, -0.1) is 17.0 Å². The monoisotopic (exact) mass is 437 g/mol. The first kappa shape index (κ1) is 23.3. The molecule has 1 fully saturated rings. The second-order valence-corrected chi connectivity index (χ2v) is 7.37. The van der Waals surface area contributed by atoms with Gasteiger partial charge in [0, 0.05) is 0 Å². The number of benzene rings is 2. The van der Waals surface area contributed by atoms with Gasteiger partial charge in [0.2, 0.25) is 0 Å². The quantitative estimate of drug-likeness (QED) is 0.712. The van der Waals surface area contributed by atoms with Crippen molar-refractivity contribution in [2.45, 2.75) is 24.5 Å². The number of aliphatic hydroxyl groups excluding tert-OH is 1. The molecule has 6 heteroatoms. The van der Waals surface area contributed by atoms with Crippen molar-refractivity contribution in [3.05, 3.63) is 71.8 Å². The molecule has 0 bridgehead atoms. The fraction of sp³-hybridized carbons (Fsp3) is 0.381. The number of nitrogens with zero attached hydrogens (tertiary/aromatic N) is 1. The van der Waals surface area contributed by atoms with Gasteiger partial charge in [-0.2, -0.15) is 0 Å². The molecule has 5 nitrogen and oxygen atoms in total. The summed E-state index contributed by atoms with van der Waals surface area (Å²) >= 11 is 0. The molecular weight excluding hydrogens is 410 g/mol. The first-order valence-corrected chi connectivity index (χ1v) is 8.80. The molecule has 0 radical (unpaired) electrons. The third-order valence-corrected chi connectivity index (χ3v) is 4.68. The fourth-order valence-electron chi connectivity index (χ4n) is 3.27. The van der Waals surface area contributed by atoms with E-state index in [1.54, 1.807) is 60.7 Å². The smallest absolute Gasteiger partial charge is 0.154 e. The Bertz CT molecular complexity index is 667. The molecule has 0 saturated carbocycles. The summed E-state index contributed by atoms with van der Waals surface area (Å²) in [7, 11) is 4.34. The van der Waals surface area contributed by atoms with Gasteiger partial charge >= 0.3 is 0 Å². The predicted octanol–water partition coefficient (Wildman–Crippen LogP) is 1.47. The molecule has 1 aliphatic rings. The summed E-state index contributed by atoms with van der Waals surface area (Å²) in [6, 6.07) is 16.4. The van der Waals surface area contributed by atoms with Crippen LogP contribution in [0.2, 0.25) is 0 Å². The highest BCUT2D eigenvalue weighted by Gasteiger charge is 2.32. The van der Waals surface area contributed by atoms with E-state index in [0.29, 0.717) is 0 Å². The summed E-state index contributed by atoms with van der Waals surface area (Å²) in [5.74, 6) is -1.53. The Morgan fingerprint density at radius 2 is 1.48 bits per heavy atom. The number of hydrogen-bond acceptors (Lipinski definition) is 4. The number of likely N-dealkylation sites (N-methyl/N-ethyl adjacent to an activating group) is 1. The first-order chi connectivity index (χ1) is 12.3. The lowest BCUT2D eigenvalue weighted by molar-refractivity contribution is -0.898. The second kappa shape index (κ2) is 9.99. The number of hydrogen-bond donors (Lipinski definition) is 2. The number of rotatable bonds is 3. The highest BCUT2D eigenvalue weighted by molar-refractivity contribution is 8.93. The number of carbonyl (C=O) groups excluding carboxylic acids is 1. The number of quaternary nitrogens is 1. The molecule has 0 amide bonds. The number of carboxylic acid groups (broad SMARTS) is 1. The largest absolute Gasteiger partial charge is 0.546 e. The van der Waals surface area contributed by atoms with Crippen LogP contribution >= 0.6 is 17.0 Å². The molecule has 0 aliphatic carbocycles. The van der Waals surface area contributed by atoms with E-state index in [1.165, 1.54) is 13.0 Å². The van der Waals surface area contributed by atoms with E-state index in [0.717, 1.165) is 17.4 Å². The molecular formula is C21H28BrNO4. The van der Waals surface area contributed by atoms with E-state index >= 15 is 0 Å². The van der Waals surface area contributed by atoms with Gasteiger partial charge in [-0.05, 0) is 24.0 Å². The van der Waals surface area contributed by atoms with E-state index in [2.05, 4.69) is 14.1 Å². The van der Waals surface area contributed by atoms with Crippen LogP contribution in [0.1, 0.15) is 24.0 Å². The minimum Gasteiger partial charge on any atom is -0.546 e. The molecule has 2 aromatic carbocycles. The molecule has 1 saturated heterocycles. The number of aliphatic hydroxyl groups is 2. The highest BCUT2D eigenvalue weighted by atomic mass is 79.9. The Balaban J connectivity index is 0.000000310. The van der Waals surface area contributed by atoms with Gasteiger partial charge in [0.05, 0.1) is 26.6 Å². The fourth-order valence-corrected chi connectivity index (χ4v) is 3.27. The Labute approximate surface area is 171 Å². The minimum atomic E-state index is -2.11. The predicted molar refractivity (Wildman–Crippen MR) is 108 cm³/mol.